The molecule has 0 saturated heterocycles. The predicted octanol–water partition coefficient (Wildman–Crippen LogP) is 3.30. The highest BCUT2D eigenvalue weighted by Crippen LogP contribution is 2.34. The van der Waals surface area contributed by atoms with Gasteiger partial charge in [0, 0.05) is 5.56 Å². The highest BCUT2D eigenvalue weighted by Gasteiger charge is 2.20. The van der Waals surface area contributed by atoms with E-state index in [1.54, 1.807) is 35.0 Å². The molecule has 0 aliphatic heterocycles. The van der Waals surface area contributed by atoms with Crippen LogP contribution < -0.4 is 10.6 Å². The Labute approximate surface area is 188 Å². The summed E-state index contributed by atoms with van der Waals surface area (Å²) in [6.07, 6.45) is 0. The van der Waals surface area contributed by atoms with Crippen LogP contribution in [0.5, 0.6) is 0 Å². The van der Waals surface area contributed by atoms with Crippen molar-refractivity contribution in [3.63, 3.8) is 0 Å². The van der Waals surface area contributed by atoms with Crippen molar-refractivity contribution in [3.8, 4) is 10.6 Å². The fraction of sp³-hybridized carbons (Fsp3) is 0.130. The molecule has 2 amide bonds. The molecule has 32 heavy (non-hydrogen) atoms. The number of hydrogen-bond acceptors (Lipinski definition) is 6. The average Bonchev–Trinajstić information content (AvgIpc) is 3.38. The smallest absolute Gasteiger partial charge is 0.273 e. The number of benzene rings is 2. The lowest BCUT2D eigenvalue weighted by Gasteiger charge is -2.06. The van der Waals surface area contributed by atoms with Gasteiger partial charge >= 0.3 is 0 Å². The fourth-order valence-corrected chi connectivity index (χ4v) is 4.18. The lowest BCUT2D eigenvalue weighted by Crippen LogP contribution is -2.24. The van der Waals surface area contributed by atoms with E-state index in [0.717, 1.165) is 10.4 Å². The van der Waals surface area contributed by atoms with Gasteiger partial charge in [0.2, 0.25) is 0 Å². The van der Waals surface area contributed by atoms with Crippen LogP contribution in [0.3, 0.4) is 0 Å². The van der Waals surface area contributed by atoms with E-state index in [1.807, 2.05) is 43.3 Å². The van der Waals surface area contributed by atoms with Gasteiger partial charge in [-0.2, -0.15) is 5.10 Å². The Bertz CT molecular complexity index is 1240. The summed E-state index contributed by atoms with van der Waals surface area (Å²) in [5.41, 5.74) is 3.16. The van der Waals surface area contributed by atoms with Crippen LogP contribution in [0.1, 0.15) is 32.1 Å². The zero-order valence-electron chi connectivity index (χ0n) is 17.3. The maximum Gasteiger partial charge on any atom is 0.273 e. The minimum atomic E-state index is -0.477. The van der Waals surface area contributed by atoms with Crippen molar-refractivity contribution in [1.29, 1.82) is 0 Å². The van der Waals surface area contributed by atoms with E-state index in [1.165, 1.54) is 11.3 Å². The molecule has 9 heteroatoms. The summed E-state index contributed by atoms with van der Waals surface area (Å²) in [7, 11) is 0. The second-order valence-corrected chi connectivity index (χ2v) is 7.97. The maximum absolute atomic E-state index is 12.5. The molecule has 0 unspecified atom stereocenters. The van der Waals surface area contributed by atoms with Crippen LogP contribution >= 0.6 is 11.3 Å². The molecule has 0 fully saturated rings. The zero-order chi connectivity index (χ0) is 22.5. The summed E-state index contributed by atoms with van der Waals surface area (Å²) in [4.78, 5) is 30.1. The number of anilines is 1. The quantitative estimate of drug-likeness (QED) is 0.377. The van der Waals surface area contributed by atoms with Crippen molar-refractivity contribution < 1.29 is 14.7 Å². The molecule has 162 valence electrons. The summed E-state index contributed by atoms with van der Waals surface area (Å²) in [6, 6.07) is 20.3. The fourth-order valence-electron chi connectivity index (χ4n) is 3.20. The Morgan fingerprint density at radius 1 is 1.03 bits per heavy atom. The van der Waals surface area contributed by atoms with Crippen LogP contribution in [0.15, 0.2) is 66.7 Å². The standard InChI is InChI=1S/C23H21N5O3S/c1-15-20(32-23(25-15)26-21(30)17-10-6-3-7-11-17)19-12-18(22(31)24-14-29)27-28(19)13-16-8-4-2-5-9-16/h2-12,29H,13-14H2,1H3,(H,24,31)(H,25,26,30). The maximum atomic E-state index is 12.5. The van der Waals surface area contributed by atoms with E-state index < -0.39 is 12.6 Å². The molecule has 2 heterocycles. The number of amides is 2. The zero-order valence-corrected chi connectivity index (χ0v) is 18.1. The van der Waals surface area contributed by atoms with Crippen molar-refractivity contribution in [2.45, 2.75) is 13.5 Å². The van der Waals surface area contributed by atoms with E-state index in [9.17, 15) is 9.59 Å². The molecule has 3 N–H and O–H groups in total. The molecular weight excluding hydrogens is 426 g/mol. The third-order valence-electron chi connectivity index (χ3n) is 4.71. The van der Waals surface area contributed by atoms with E-state index >= 15 is 0 Å². The van der Waals surface area contributed by atoms with E-state index in [2.05, 4.69) is 20.7 Å². The Morgan fingerprint density at radius 3 is 2.41 bits per heavy atom. The molecule has 0 radical (unpaired) electrons. The van der Waals surface area contributed by atoms with Crippen LogP contribution in [0.2, 0.25) is 0 Å². The lowest BCUT2D eigenvalue weighted by atomic mass is 10.2. The number of hydrogen-bond donors (Lipinski definition) is 3. The number of rotatable bonds is 7. The summed E-state index contributed by atoms with van der Waals surface area (Å²) in [6.45, 7) is 1.82. The van der Waals surface area contributed by atoms with Gasteiger partial charge in [-0.25, -0.2) is 4.98 Å². The second kappa shape index (κ2) is 9.54. The number of nitrogens with zero attached hydrogens (tertiary/aromatic N) is 3. The number of carbonyl (C=O) groups excluding carboxylic acids is 2. The molecule has 2 aromatic carbocycles. The Hall–Kier alpha value is -3.82. The van der Waals surface area contributed by atoms with Crippen molar-refractivity contribution in [3.05, 3.63) is 89.2 Å². The first-order valence-electron chi connectivity index (χ1n) is 9.90. The first kappa shape index (κ1) is 21.4. The Kier molecular flexibility index (Phi) is 6.39. The summed E-state index contributed by atoms with van der Waals surface area (Å²) in [5, 5.41) is 19.1. The van der Waals surface area contributed by atoms with Crippen molar-refractivity contribution in [2.75, 3.05) is 12.0 Å². The van der Waals surface area contributed by atoms with Crippen molar-refractivity contribution in [1.82, 2.24) is 20.1 Å². The number of aliphatic hydroxyl groups is 1. The number of nitrogens with one attached hydrogen (secondary N) is 2. The van der Waals surface area contributed by atoms with Gasteiger partial charge in [-0.15, -0.1) is 0 Å². The van der Waals surface area contributed by atoms with E-state index in [4.69, 9.17) is 5.11 Å². The summed E-state index contributed by atoms with van der Waals surface area (Å²) < 4.78 is 1.73. The van der Waals surface area contributed by atoms with Gasteiger partial charge in [-0.05, 0) is 30.7 Å². The second-order valence-electron chi connectivity index (χ2n) is 6.98. The molecular formula is C23H21N5O3S. The third-order valence-corrected chi connectivity index (χ3v) is 5.81. The number of carbonyl (C=O) groups is 2. The van der Waals surface area contributed by atoms with Crippen molar-refractivity contribution >= 4 is 28.3 Å². The summed E-state index contributed by atoms with van der Waals surface area (Å²) in [5.74, 6) is -0.716. The molecule has 8 nitrogen and oxygen atoms in total. The molecule has 0 aliphatic rings. The SMILES string of the molecule is Cc1nc(NC(=O)c2ccccc2)sc1-c1cc(C(=O)NCO)nn1Cc1ccccc1. The van der Waals surface area contributed by atoms with Crippen LogP contribution in [0.4, 0.5) is 5.13 Å². The molecule has 0 spiro atoms. The minimum Gasteiger partial charge on any atom is -0.376 e. The first-order chi connectivity index (χ1) is 15.5. The number of thiazole rings is 1. The van der Waals surface area contributed by atoms with Crippen molar-refractivity contribution in [2.24, 2.45) is 0 Å². The minimum absolute atomic E-state index is 0.188. The number of aliphatic hydroxyl groups excluding tert-OH is 1. The van der Waals surface area contributed by atoms with Gasteiger partial charge in [0.05, 0.1) is 22.8 Å². The van der Waals surface area contributed by atoms with Crippen LogP contribution in [0.25, 0.3) is 10.6 Å². The van der Waals surface area contributed by atoms with Gasteiger partial charge in [-0.3, -0.25) is 19.6 Å². The largest absolute Gasteiger partial charge is 0.376 e. The lowest BCUT2D eigenvalue weighted by molar-refractivity contribution is 0.0903. The normalized spacial score (nSPS) is 10.7. The van der Waals surface area contributed by atoms with Crippen LogP contribution in [-0.4, -0.2) is 38.4 Å². The molecule has 4 rings (SSSR count). The Balaban J connectivity index is 1.67. The average molecular weight is 448 g/mol. The number of aromatic nitrogens is 3. The molecule has 2 aromatic heterocycles. The van der Waals surface area contributed by atoms with Crippen LogP contribution in [0, 0.1) is 6.92 Å². The molecule has 0 aliphatic carbocycles. The van der Waals surface area contributed by atoms with E-state index in [0.29, 0.717) is 28.6 Å². The molecule has 0 saturated carbocycles. The van der Waals surface area contributed by atoms with E-state index in [-0.39, 0.29) is 11.6 Å². The monoisotopic (exact) mass is 447 g/mol. The summed E-state index contributed by atoms with van der Waals surface area (Å²) >= 11 is 1.31. The van der Waals surface area contributed by atoms with Gasteiger partial charge in [0.15, 0.2) is 10.8 Å². The Morgan fingerprint density at radius 2 is 1.72 bits per heavy atom. The molecule has 4 aromatic rings. The molecule has 0 atom stereocenters. The van der Waals surface area contributed by atoms with Gasteiger partial charge in [0.1, 0.15) is 6.73 Å². The third kappa shape index (κ3) is 4.74. The highest BCUT2D eigenvalue weighted by molar-refractivity contribution is 7.19. The topological polar surface area (TPSA) is 109 Å². The van der Waals surface area contributed by atoms with Crippen LogP contribution in [-0.2, 0) is 6.54 Å². The highest BCUT2D eigenvalue weighted by atomic mass is 32.1. The van der Waals surface area contributed by atoms with Gasteiger partial charge in [0.25, 0.3) is 11.8 Å². The first-order valence-corrected chi connectivity index (χ1v) is 10.7. The predicted molar refractivity (Wildman–Crippen MR) is 123 cm³/mol. The number of aryl methyl sites for hydroxylation is 1. The van der Waals surface area contributed by atoms with Gasteiger partial charge < -0.3 is 10.4 Å². The van der Waals surface area contributed by atoms with Gasteiger partial charge in [-0.1, -0.05) is 59.9 Å². The molecule has 0 bridgehead atoms.